The van der Waals surface area contributed by atoms with Crippen molar-refractivity contribution in [2.75, 3.05) is 26.3 Å². The molecule has 1 aromatic carbocycles. The maximum atomic E-state index is 5.46. The molecule has 2 heterocycles. The van der Waals surface area contributed by atoms with Crippen LogP contribution in [0.2, 0.25) is 0 Å². The lowest BCUT2D eigenvalue weighted by molar-refractivity contribution is 0.0327. The molecule has 0 bridgehead atoms. The lowest BCUT2D eigenvalue weighted by Crippen LogP contribution is -2.35. The Balaban J connectivity index is 1.40. The fourth-order valence-electron chi connectivity index (χ4n) is 3.46. The molecule has 5 nitrogen and oxygen atoms in total. The van der Waals surface area contributed by atoms with Crippen LogP contribution in [0.4, 0.5) is 0 Å². The first kappa shape index (κ1) is 13.9. The van der Waals surface area contributed by atoms with Crippen LogP contribution < -0.4 is 0 Å². The third-order valence-electron chi connectivity index (χ3n) is 4.66. The van der Waals surface area contributed by atoms with E-state index in [9.17, 15) is 0 Å². The smallest absolute Gasteiger partial charge is 0.227 e. The van der Waals surface area contributed by atoms with Gasteiger partial charge in [-0.1, -0.05) is 29.4 Å². The number of hydrogen-bond acceptors (Lipinski definition) is 5. The Bertz CT molecular complexity index is 634. The molecular formula is C17H21N3O2. The summed E-state index contributed by atoms with van der Waals surface area (Å²) in [7, 11) is 0. The van der Waals surface area contributed by atoms with Crippen molar-refractivity contribution < 1.29 is 9.26 Å². The highest BCUT2D eigenvalue weighted by Gasteiger charge is 2.24. The average molecular weight is 299 g/mol. The molecular weight excluding hydrogens is 278 g/mol. The number of fused-ring (bicyclic) bond motifs is 1. The van der Waals surface area contributed by atoms with E-state index in [1.54, 1.807) is 0 Å². The summed E-state index contributed by atoms with van der Waals surface area (Å²) in [5.41, 5.74) is 2.93. The van der Waals surface area contributed by atoms with Crippen molar-refractivity contribution in [1.29, 1.82) is 0 Å². The fourth-order valence-corrected chi connectivity index (χ4v) is 3.46. The molecule has 1 aromatic heterocycles. The van der Waals surface area contributed by atoms with E-state index in [1.807, 2.05) is 0 Å². The molecule has 0 radical (unpaired) electrons. The lowest BCUT2D eigenvalue weighted by atomic mass is 9.98. The van der Waals surface area contributed by atoms with Crippen LogP contribution in [-0.2, 0) is 24.1 Å². The minimum Gasteiger partial charge on any atom is -0.379 e. The predicted molar refractivity (Wildman–Crippen MR) is 81.6 cm³/mol. The minimum atomic E-state index is 0.521. The van der Waals surface area contributed by atoms with Crippen LogP contribution in [0.15, 0.2) is 28.8 Å². The summed E-state index contributed by atoms with van der Waals surface area (Å²) in [5.74, 6) is 2.08. The lowest BCUT2D eigenvalue weighted by Gasteiger charge is -2.24. The molecule has 1 atom stereocenters. The van der Waals surface area contributed by atoms with Crippen molar-refractivity contribution in [3.8, 4) is 0 Å². The third kappa shape index (κ3) is 2.91. The molecule has 116 valence electrons. The highest BCUT2D eigenvalue weighted by molar-refractivity contribution is 5.35. The van der Waals surface area contributed by atoms with E-state index in [0.29, 0.717) is 5.92 Å². The maximum absolute atomic E-state index is 5.46. The number of benzene rings is 1. The summed E-state index contributed by atoms with van der Waals surface area (Å²) in [6.07, 6.45) is 3.20. The molecule has 1 saturated heterocycles. The number of aromatic nitrogens is 2. The van der Waals surface area contributed by atoms with Gasteiger partial charge in [-0.15, -0.1) is 0 Å². The molecule has 0 amide bonds. The molecule has 1 aliphatic heterocycles. The second-order valence-electron chi connectivity index (χ2n) is 6.13. The Kier molecular flexibility index (Phi) is 3.91. The molecule has 22 heavy (non-hydrogen) atoms. The van der Waals surface area contributed by atoms with E-state index < -0.39 is 0 Å². The van der Waals surface area contributed by atoms with Gasteiger partial charge < -0.3 is 9.26 Å². The van der Waals surface area contributed by atoms with E-state index in [4.69, 9.17) is 9.26 Å². The van der Waals surface area contributed by atoms with E-state index in [-0.39, 0.29) is 0 Å². The Labute approximate surface area is 130 Å². The summed E-state index contributed by atoms with van der Waals surface area (Å²) in [6.45, 7) is 4.24. The normalized spacial score (nSPS) is 21.9. The number of nitrogens with zero attached hydrogens (tertiary/aromatic N) is 3. The van der Waals surface area contributed by atoms with Crippen molar-refractivity contribution in [1.82, 2.24) is 15.0 Å². The summed E-state index contributed by atoms with van der Waals surface area (Å²) >= 11 is 0. The molecule has 5 heteroatoms. The largest absolute Gasteiger partial charge is 0.379 e. The molecule has 0 spiro atoms. The van der Waals surface area contributed by atoms with Gasteiger partial charge in [0.05, 0.1) is 19.8 Å². The number of aryl methyl sites for hydroxylation is 1. The molecule has 2 aromatic rings. The SMILES string of the molecule is c1ccc2c(c1)CC[C@H]2Cc1nc(CN2CCOCC2)no1. The van der Waals surface area contributed by atoms with Crippen LogP contribution in [0.25, 0.3) is 0 Å². The highest BCUT2D eigenvalue weighted by atomic mass is 16.5. The van der Waals surface area contributed by atoms with Crippen molar-refractivity contribution >= 4 is 0 Å². The Morgan fingerprint density at radius 2 is 2.05 bits per heavy atom. The maximum Gasteiger partial charge on any atom is 0.227 e. The monoisotopic (exact) mass is 299 g/mol. The van der Waals surface area contributed by atoms with E-state index in [1.165, 1.54) is 17.5 Å². The molecule has 1 fully saturated rings. The quantitative estimate of drug-likeness (QED) is 0.866. The summed E-state index contributed by atoms with van der Waals surface area (Å²) in [6, 6.07) is 8.70. The zero-order valence-electron chi connectivity index (χ0n) is 12.7. The second-order valence-corrected chi connectivity index (χ2v) is 6.13. The molecule has 1 aliphatic carbocycles. The van der Waals surface area contributed by atoms with Crippen molar-refractivity contribution in [2.45, 2.75) is 31.7 Å². The van der Waals surface area contributed by atoms with Gasteiger partial charge in [-0.25, -0.2) is 0 Å². The van der Waals surface area contributed by atoms with Gasteiger partial charge in [0, 0.05) is 19.5 Å². The zero-order valence-corrected chi connectivity index (χ0v) is 12.7. The predicted octanol–water partition coefficient (Wildman–Crippen LogP) is 2.17. The van der Waals surface area contributed by atoms with Gasteiger partial charge in [0.15, 0.2) is 5.82 Å². The van der Waals surface area contributed by atoms with Crippen molar-refractivity contribution in [2.24, 2.45) is 0 Å². The minimum absolute atomic E-state index is 0.521. The van der Waals surface area contributed by atoms with E-state index in [2.05, 4.69) is 39.3 Å². The standard InChI is InChI=1S/C17H21N3O2/c1-2-4-15-13(3-1)5-6-14(15)11-17-18-16(19-22-17)12-20-7-9-21-10-8-20/h1-4,14H,5-12H2/t14-/m0/s1. The van der Waals surface area contributed by atoms with E-state index >= 15 is 0 Å². The number of rotatable bonds is 4. The van der Waals surface area contributed by atoms with E-state index in [0.717, 1.165) is 57.4 Å². The first-order valence-corrected chi connectivity index (χ1v) is 8.08. The van der Waals surface area contributed by atoms with Gasteiger partial charge in [0.2, 0.25) is 5.89 Å². The molecule has 2 aliphatic rings. The Morgan fingerprint density at radius 1 is 1.18 bits per heavy atom. The summed E-state index contributed by atoms with van der Waals surface area (Å²) < 4.78 is 10.8. The first-order chi connectivity index (χ1) is 10.9. The zero-order chi connectivity index (χ0) is 14.8. The average Bonchev–Trinajstić information content (AvgIpc) is 3.17. The van der Waals surface area contributed by atoms with Crippen LogP contribution in [-0.4, -0.2) is 41.3 Å². The van der Waals surface area contributed by atoms with Crippen LogP contribution in [0, 0.1) is 0 Å². The van der Waals surface area contributed by atoms with Gasteiger partial charge in [0.25, 0.3) is 0 Å². The topological polar surface area (TPSA) is 51.4 Å². The molecule has 4 rings (SSSR count). The second kappa shape index (κ2) is 6.18. The van der Waals surface area contributed by atoms with Crippen molar-refractivity contribution in [3.05, 3.63) is 47.1 Å². The summed E-state index contributed by atoms with van der Waals surface area (Å²) in [4.78, 5) is 6.89. The van der Waals surface area contributed by atoms with Gasteiger partial charge in [-0.2, -0.15) is 4.98 Å². The Hall–Kier alpha value is -1.72. The van der Waals surface area contributed by atoms with Gasteiger partial charge >= 0.3 is 0 Å². The fraction of sp³-hybridized carbons (Fsp3) is 0.529. The molecule has 0 N–H and O–H groups in total. The first-order valence-electron chi connectivity index (χ1n) is 8.08. The third-order valence-corrected chi connectivity index (χ3v) is 4.66. The van der Waals surface area contributed by atoms with Crippen molar-refractivity contribution in [3.63, 3.8) is 0 Å². The summed E-state index contributed by atoms with van der Waals surface area (Å²) in [5, 5.41) is 4.14. The van der Waals surface area contributed by atoms with Crippen LogP contribution in [0.3, 0.4) is 0 Å². The number of morpholine rings is 1. The van der Waals surface area contributed by atoms with Gasteiger partial charge in [0.1, 0.15) is 0 Å². The number of ether oxygens (including phenoxy) is 1. The van der Waals surface area contributed by atoms with Crippen LogP contribution >= 0.6 is 0 Å². The van der Waals surface area contributed by atoms with Crippen LogP contribution in [0.1, 0.15) is 35.2 Å². The van der Waals surface area contributed by atoms with Gasteiger partial charge in [-0.05, 0) is 29.9 Å². The van der Waals surface area contributed by atoms with Gasteiger partial charge in [-0.3, -0.25) is 4.90 Å². The highest BCUT2D eigenvalue weighted by Crippen LogP contribution is 2.34. The Morgan fingerprint density at radius 3 is 2.95 bits per heavy atom. The number of hydrogen-bond donors (Lipinski definition) is 0. The van der Waals surface area contributed by atoms with Crippen LogP contribution in [0.5, 0.6) is 0 Å². The molecule has 0 saturated carbocycles. The molecule has 0 unspecified atom stereocenters.